The Balaban J connectivity index is 2.37. The minimum atomic E-state index is -0.772. The standard InChI is InChI=1S/C16H21FN6O/c1-9-5-11(8-20-7-9)22-15-12(14(19)24)6-13(17)16(23-15)21-10(2)3-4-18/h5-8,10H,3-4,18H2,1-2H3,(H2,19,24)(H2,21,22,23). The number of anilines is 3. The summed E-state index contributed by atoms with van der Waals surface area (Å²) in [7, 11) is 0. The largest absolute Gasteiger partial charge is 0.365 e. The van der Waals surface area contributed by atoms with Gasteiger partial charge < -0.3 is 22.1 Å². The van der Waals surface area contributed by atoms with Crippen molar-refractivity contribution < 1.29 is 9.18 Å². The van der Waals surface area contributed by atoms with E-state index in [9.17, 15) is 9.18 Å². The number of hydrogen-bond acceptors (Lipinski definition) is 6. The second-order valence-electron chi connectivity index (χ2n) is 5.58. The van der Waals surface area contributed by atoms with Crippen molar-refractivity contribution >= 4 is 23.2 Å². The van der Waals surface area contributed by atoms with E-state index in [0.29, 0.717) is 18.7 Å². The second kappa shape index (κ2) is 7.69. The summed E-state index contributed by atoms with van der Waals surface area (Å²) in [6, 6.07) is 2.83. The summed E-state index contributed by atoms with van der Waals surface area (Å²) in [5.74, 6) is -1.23. The van der Waals surface area contributed by atoms with E-state index in [4.69, 9.17) is 11.5 Å². The van der Waals surface area contributed by atoms with Crippen molar-refractivity contribution in [3.8, 4) is 0 Å². The van der Waals surface area contributed by atoms with Crippen molar-refractivity contribution in [2.24, 2.45) is 11.5 Å². The minimum Gasteiger partial charge on any atom is -0.365 e. The lowest BCUT2D eigenvalue weighted by Gasteiger charge is -2.17. The van der Waals surface area contributed by atoms with E-state index < -0.39 is 11.7 Å². The molecule has 1 amide bonds. The van der Waals surface area contributed by atoms with E-state index in [-0.39, 0.29) is 23.2 Å². The van der Waals surface area contributed by atoms with Crippen LogP contribution in [0.4, 0.5) is 21.7 Å². The van der Waals surface area contributed by atoms with Gasteiger partial charge in [-0.05, 0) is 44.5 Å². The van der Waals surface area contributed by atoms with Crippen LogP contribution in [0.5, 0.6) is 0 Å². The Morgan fingerprint density at radius 3 is 2.71 bits per heavy atom. The van der Waals surface area contributed by atoms with E-state index in [1.807, 2.05) is 19.9 Å². The van der Waals surface area contributed by atoms with Gasteiger partial charge in [-0.3, -0.25) is 9.78 Å². The van der Waals surface area contributed by atoms with Gasteiger partial charge in [0.05, 0.1) is 17.4 Å². The lowest BCUT2D eigenvalue weighted by Crippen LogP contribution is -2.22. The van der Waals surface area contributed by atoms with E-state index in [1.54, 1.807) is 12.4 Å². The van der Waals surface area contributed by atoms with Gasteiger partial charge in [0.2, 0.25) is 0 Å². The fraction of sp³-hybridized carbons (Fsp3) is 0.312. The molecule has 24 heavy (non-hydrogen) atoms. The van der Waals surface area contributed by atoms with Crippen LogP contribution >= 0.6 is 0 Å². The summed E-state index contributed by atoms with van der Waals surface area (Å²) in [6.07, 6.45) is 3.93. The summed E-state index contributed by atoms with van der Waals surface area (Å²) in [5, 5.41) is 5.90. The topological polar surface area (TPSA) is 119 Å². The summed E-state index contributed by atoms with van der Waals surface area (Å²) >= 11 is 0. The highest BCUT2D eigenvalue weighted by Gasteiger charge is 2.17. The van der Waals surface area contributed by atoms with Crippen molar-refractivity contribution in [2.45, 2.75) is 26.3 Å². The van der Waals surface area contributed by atoms with Gasteiger partial charge in [0.1, 0.15) is 5.82 Å². The normalized spacial score (nSPS) is 11.8. The van der Waals surface area contributed by atoms with Crippen LogP contribution in [0.1, 0.15) is 29.3 Å². The lowest BCUT2D eigenvalue weighted by molar-refractivity contribution is 0.100. The number of amides is 1. The molecule has 0 radical (unpaired) electrons. The zero-order valence-electron chi connectivity index (χ0n) is 13.6. The Hall–Kier alpha value is -2.74. The Labute approximate surface area is 139 Å². The van der Waals surface area contributed by atoms with E-state index in [1.165, 1.54) is 0 Å². The molecule has 0 fully saturated rings. The van der Waals surface area contributed by atoms with Crippen LogP contribution in [-0.4, -0.2) is 28.5 Å². The van der Waals surface area contributed by atoms with Crippen molar-refractivity contribution in [2.75, 3.05) is 17.2 Å². The molecule has 1 unspecified atom stereocenters. The van der Waals surface area contributed by atoms with Gasteiger partial charge in [-0.25, -0.2) is 9.37 Å². The number of hydrogen-bond donors (Lipinski definition) is 4. The Kier molecular flexibility index (Phi) is 5.64. The molecule has 7 nitrogen and oxygen atoms in total. The summed E-state index contributed by atoms with van der Waals surface area (Å²) in [4.78, 5) is 19.8. The fourth-order valence-electron chi connectivity index (χ4n) is 2.19. The molecule has 6 N–H and O–H groups in total. The average Bonchev–Trinajstić information content (AvgIpc) is 2.50. The zero-order valence-corrected chi connectivity index (χ0v) is 13.6. The highest BCUT2D eigenvalue weighted by atomic mass is 19.1. The van der Waals surface area contributed by atoms with Crippen LogP contribution in [0.15, 0.2) is 24.5 Å². The molecular formula is C16H21FN6O. The number of aryl methyl sites for hydroxylation is 1. The Morgan fingerprint density at radius 1 is 1.33 bits per heavy atom. The third-order valence-electron chi connectivity index (χ3n) is 3.36. The Morgan fingerprint density at radius 2 is 2.08 bits per heavy atom. The number of nitrogens with two attached hydrogens (primary N) is 2. The number of nitrogens with one attached hydrogen (secondary N) is 2. The van der Waals surface area contributed by atoms with E-state index >= 15 is 0 Å². The molecule has 1 atom stereocenters. The molecule has 0 spiro atoms. The first-order valence-corrected chi connectivity index (χ1v) is 7.56. The molecule has 2 heterocycles. The second-order valence-corrected chi connectivity index (χ2v) is 5.58. The summed E-state index contributed by atoms with van der Waals surface area (Å²) < 4.78 is 14.2. The van der Waals surface area contributed by atoms with Crippen LogP contribution in [0.3, 0.4) is 0 Å². The molecule has 2 aromatic heterocycles. The van der Waals surface area contributed by atoms with Gasteiger partial charge in [0.15, 0.2) is 11.6 Å². The molecule has 2 rings (SSSR count). The highest BCUT2D eigenvalue weighted by molar-refractivity contribution is 5.98. The molecule has 0 aliphatic carbocycles. The van der Waals surface area contributed by atoms with Gasteiger partial charge >= 0.3 is 0 Å². The molecule has 0 bridgehead atoms. The molecule has 0 aliphatic heterocycles. The van der Waals surface area contributed by atoms with Gasteiger partial charge in [-0.15, -0.1) is 0 Å². The molecule has 8 heteroatoms. The number of carbonyl (C=O) groups is 1. The first-order chi connectivity index (χ1) is 11.4. The molecule has 2 aromatic rings. The van der Waals surface area contributed by atoms with E-state index in [0.717, 1.165) is 11.6 Å². The molecule has 0 aliphatic rings. The van der Waals surface area contributed by atoms with Crippen molar-refractivity contribution in [1.82, 2.24) is 9.97 Å². The summed E-state index contributed by atoms with van der Waals surface area (Å²) in [5.41, 5.74) is 12.3. The predicted molar refractivity (Wildman–Crippen MR) is 91.7 cm³/mol. The number of nitrogens with zero attached hydrogens (tertiary/aromatic N) is 2. The number of pyridine rings is 2. The maximum atomic E-state index is 14.2. The maximum absolute atomic E-state index is 14.2. The highest BCUT2D eigenvalue weighted by Crippen LogP contribution is 2.24. The van der Waals surface area contributed by atoms with Crippen LogP contribution in [0.25, 0.3) is 0 Å². The first-order valence-electron chi connectivity index (χ1n) is 7.56. The van der Waals surface area contributed by atoms with Crippen LogP contribution in [0, 0.1) is 12.7 Å². The van der Waals surface area contributed by atoms with Gasteiger partial charge in [-0.2, -0.15) is 0 Å². The molecule has 0 saturated heterocycles. The summed E-state index contributed by atoms with van der Waals surface area (Å²) in [6.45, 7) is 4.22. The monoisotopic (exact) mass is 332 g/mol. The molecule has 0 aromatic carbocycles. The van der Waals surface area contributed by atoms with Crippen molar-refractivity contribution in [3.05, 3.63) is 41.5 Å². The number of rotatable bonds is 7. The number of carbonyl (C=O) groups excluding carboxylic acids is 1. The molecule has 0 saturated carbocycles. The van der Waals surface area contributed by atoms with Crippen LogP contribution in [-0.2, 0) is 0 Å². The van der Waals surface area contributed by atoms with Crippen LogP contribution < -0.4 is 22.1 Å². The SMILES string of the molecule is Cc1cncc(Nc2nc(NC(C)CCN)c(F)cc2C(N)=O)c1. The number of primary amides is 1. The third kappa shape index (κ3) is 4.39. The predicted octanol–water partition coefficient (Wildman–Crippen LogP) is 1.92. The van der Waals surface area contributed by atoms with Crippen molar-refractivity contribution in [3.63, 3.8) is 0 Å². The maximum Gasteiger partial charge on any atom is 0.252 e. The number of aromatic nitrogens is 2. The van der Waals surface area contributed by atoms with E-state index in [2.05, 4.69) is 20.6 Å². The van der Waals surface area contributed by atoms with Gasteiger partial charge in [-0.1, -0.05) is 0 Å². The van der Waals surface area contributed by atoms with Crippen LogP contribution in [0.2, 0.25) is 0 Å². The van der Waals surface area contributed by atoms with Gasteiger partial charge in [0.25, 0.3) is 5.91 Å². The molecule has 128 valence electrons. The third-order valence-corrected chi connectivity index (χ3v) is 3.36. The Bertz CT molecular complexity index is 737. The minimum absolute atomic E-state index is 0.0315. The lowest BCUT2D eigenvalue weighted by atomic mass is 10.2. The van der Waals surface area contributed by atoms with Crippen molar-refractivity contribution in [1.29, 1.82) is 0 Å². The first kappa shape index (κ1) is 17.6. The quantitative estimate of drug-likeness (QED) is 0.615. The smallest absolute Gasteiger partial charge is 0.252 e. The molecular weight excluding hydrogens is 311 g/mol. The zero-order chi connectivity index (χ0) is 17.7. The fourth-order valence-corrected chi connectivity index (χ4v) is 2.19. The van der Waals surface area contributed by atoms with Gasteiger partial charge in [0, 0.05) is 12.2 Å². The number of halogens is 1. The average molecular weight is 332 g/mol.